The average Bonchev–Trinajstić information content (AvgIpc) is 3.32. The summed E-state index contributed by atoms with van der Waals surface area (Å²) >= 11 is 1.08. The molecule has 4 aromatic rings. The van der Waals surface area contributed by atoms with Crippen molar-refractivity contribution in [3.63, 3.8) is 0 Å². The summed E-state index contributed by atoms with van der Waals surface area (Å²) in [7, 11) is -3.69. The molecule has 2 heterocycles. The van der Waals surface area contributed by atoms with E-state index in [1.54, 1.807) is 0 Å². The van der Waals surface area contributed by atoms with Gasteiger partial charge in [0.2, 0.25) is 15.2 Å². The molecule has 1 aliphatic heterocycles. The smallest absolute Gasteiger partial charge is 0.267 e. The molecule has 196 valence electrons. The number of aromatic nitrogens is 1. The molecule has 1 fully saturated rings. The van der Waals surface area contributed by atoms with Crippen molar-refractivity contribution in [1.29, 1.82) is 0 Å². The molecule has 1 atom stereocenters. The number of nitrogens with zero attached hydrogens (tertiary/aromatic N) is 4. The van der Waals surface area contributed by atoms with E-state index in [0.717, 1.165) is 35.6 Å². The molecule has 38 heavy (non-hydrogen) atoms. The predicted octanol–water partition coefficient (Wildman–Crippen LogP) is 5.82. The Kier molecular flexibility index (Phi) is 7.33. The minimum atomic E-state index is -3.69. The third-order valence-electron chi connectivity index (χ3n) is 6.35. The van der Waals surface area contributed by atoms with Crippen molar-refractivity contribution in [1.82, 2.24) is 9.29 Å². The number of thiazole rings is 1. The highest BCUT2D eigenvalue weighted by Gasteiger charge is 2.31. The molecule has 1 amide bonds. The lowest BCUT2D eigenvalue weighted by atomic mass is 10.1. The second-order valence-corrected chi connectivity index (χ2v) is 11.9. The van der Waals surface area contributed by atoms with E-state index in [-0.39, 0.29) is 21.6 Å². The third kappa shape index (κ3) is 5.35. The molecule has 0 aliphatic carbocycles. The van der Waals surface area contributed by atoms with Crippen LogP contribution in [-0.4, -0.2) is 42.4 Å². The monoisotopic (exact) mass is 554 g/mol. The summed E-state index contributed by atoms with van der Waals surface area (Å²) in [5, 5.41) is 5.58. The molecule has 5 rings (SSSR count). The Balaban J connectivity index is 1.48. The number of rotatable bonds is 6. The number of benzene rings is 3. The zero-order valence-electron chi connectivity index (χ0n) is 20.4. The van der Waals surface area contributed by atoms with Gasteiger partial charge in [0, 0.05) is 18.2 Å². The molecule has 0 bridgehead atoms. The molecule has 1 unspecified atom stereocenters. The first-order chi connectivity index (χ1) is 18.2. The zero-order valence-corrected chi connectivity index (χ0v) is 22.1. The van der Waals surface area contributed by atoms with E-state index in [1.165, 1.54) is 77.2 Å². The van der Waals surface area contributed by atoms with Crippen LogP contribution in [0.1, 0.15) is 42.1 Å². The third-order valence-corrected chi connectivity index (χ3v) is 9.38. The topological polar surface area (TPSA) is 82.9 Å². The van der Waals surface area contributed by atoms with E-state index in [1.807, 2.05) is 6.92 Å². The minimum absolute atomic E-state index is 0.0878. The Hall–Kier alpha value is -3.54. The maximum absolute atomic E-state index is 13.8. The van der Waals surface area contributed by atoms with E-state index < -0.39 is 27.6 Å². The van der Waals surface area contributed by atoms with Crippen molar-refractivity contribution in [3.8, 4) is 0 Å². The van der Waals surface area contributed by atoms with Crippen molar-refractivity contribution in [3.05, 3.63) is 89.5 Å². The number of carbonyl (C=O) groups is 1. The van der Waals surface area contributed by atoms with Crippen LogP contribution in [0.5, 0.6) is 0 Å². The van der Waals surface area contributed by atoms with Gasteiger partial charge in [-0.3, -0.25) is 4.79 Å². The van der Waals surface area contributed by atoms with Gasteiger partial charge in [-0.05, 0) is 79.9 Å². The highest BCUT2D eigenvalue weighted by molar-refractivity contribution is 7.89. The van der Waals surface area contributed by atoms with Crippen LogP contribution in [0.25, 0.3) is 10.2 Å². The molecule has 0 spiro atoms. The number of carbonyl (C=O) groups excluding carboxylic acids is 1. The summed E-state index contributed by atoms with van der Waals surface area (Å²) in [6, 6.07) is 15.3. The van der Waals surface area contributed by atoms with Crippen molar-refractivity contribution in [2.24, 2.45) is 5.10 Å². The van der Waals surface area contributed by atoms with Crippen LogP contribution in [0.4, 0.5) is 13.9 Å². The summed E-state index contributed by atoms with van der Waals surface area (Å²) in [4.78, 5) is 18.1. The lowest BCUT2D eigenvalue weighted by Crippen LogP contribution is -2.41. The summed E-state index contributed by atoms with van der Waals surface area (Å²) < 4.78 is 55.5. The number of hydrazone groups is 1. The van der Waals surface area contributed by atoms with Crippen molar-refractivity contribution in [2.75, 3.05) is 11.6 Å². The number of halogens is 2. The molecule has 0 saturated carbocycles. The molecule has 1 saturated heterocycles. The van der Waals surface area contributed by atoms with Crippen LogP contribution in [0.3, 0.4) is 0 Å². The quantitative estimate of drug-likeness (QED) is 0.222. The highest BCUT2D eigenvalue weighted by atomic mass is 32.2. The number of hydrogen-bond acceptors (Lipinski definition) is 6. The number of fused-ring (bicyclic) bond motifs is 1. The van der Waals surface area contributed by atoms with Gasteiger partial charge in [-0.2, -0.15) is 14.4 Å². The Morgan fingerprint density at radius 2 is 1.76 bits per heavy atom. The van der Waals surface area contributed by atoms with Crippen molar-refractivity contribution < 1.29 is 22.0 Å². The Morgan fingerprint density at radius 3 is 2.47 bits per heavy atom. The first-order valence-corrected chi connectivity index (χ1v) is 14.3. The van der Waals surface area contributed by atoms with Crippen LogP contribution in [-0.2, 0) is 10.0 Å². The van der Waals surface area contributed by atoms with Gasteiger partial charge in [-0.1, -0.05) is 29.9 Å². The van der Waals surface area contributed by atoms with E-state index in [9.17, 15) is 22.0 Å². The number of amides is 1. The van der Waals surface area contributed by atoms with E-state index in [2.05, 4.69) is 10.1 Å². The SMILES string of the molecule is CC1CCCCN1S(=O)(=O)c1ccc(C(=O)N(/N=C/c2ccc(F)cc2)c2nc3ccc(F)cc3s2)cc1. The second kappa shape index (κ2) is 10.7. The fourth-order valence-electron chi connectivity index (χ4n) is 4.29. The first kappa shape index (κ1) is 26.1. The molecule has 1 aromatic heterocycles. The Morgan fingerprint density at radius 1 is 1.05 bits per heavy atom. The molecular weight excluding hydrogens is 530 g/mol. The number of hydrogen-bond donors (Lipinski definition) is 0. The van der Waals surface area contributed by atoms with Gasteiger partial charge in [0.25, 0.3) is 5.91 Å². The summed E-state index contributed by atoms with van der Waals surface area (Å²) in [5.41, 5.74) is 1.24. The van der Waals surface area contributed by atoms with Gasteiger partial charge < -0.3 is 0 Å². The van der Waals surface area contributed by atoms with Crippen LogP contribution in [0, 0.1) is 11.6 Å². The number of anilines is 1. The normalized spacial score (nSPS) is 16.8. The predicted molar refractivity (Wildman–Crippen MR) is 144 cm³/mol. The first-order valence-electron chi connectivity index (χ1n) is 12.0. The van der Waals surface area contributed by atoms with E-state index in [0.29, 0.717) is 22.3 Å². The van der Waals surface area contributed by atoms with E-state index >= 15 is 0 Å². The zero-order chi connectivity index (χ0) is 26.9. The van der Waals surface area contributed by atoms with E-state index in [4.69, 9.17) is 0 Å². The lowest BCUT2D eigenvalue weighted by Gasteiger charge is -2.32. The second-order valence-electron chi connectivity index (χ2n) is 9.01. The molecule has 0 radical (unpaired) electrons. The molecule has 3 aromatic carbocycles. The van der Waals surface area contributed by atoms with Gasteiger partial charge >= 0.3 is 0 Å². The Labute approximate surface area is 223 Å². The fraction of sp³-hybridized carbons (Fsp3) is 0.222. The van der Waals surface area contributed by atoms with Gasteiger partial charge in [-0.25, -0.2) is 22.2 Å². The lowest BCUT2D eigenvalue weighted by molar-refractivity contribution is 0.0987. The molecule has 7 nitrogen and oxygen atoms in total. The number of sulfonamides is 1. The minimum Gasteiger partial charge on any atom is -0.267 e. The van der Waals surface area contributed by atoms with Crippen molar-refractivity contribution in [2.45, 2.75) is 37.1 Å². The van der Waals surface area contributed by atoms with Crippen molar-refractivity contribution >= 4 is 48.8 Å². The van der Waals surface area contributed by atoms with Gasteiger partial charge in [0.15, 0.2) is 0 Å². The summed E-state index contributed by atoms with van der Waals surface area (Å²) in [5.74, 6) is -1.39. The largest absolute Gasteiger partial charge is 0.280 e. The highest BCUT2D eigenvalue weighted by Crippen LogP contribution is 2.31. The summed E-state index contributed by atoms with van der Waals surface area (Å²) in [6.07, 6.45) is 4.00. The molecular formula is C27H24F2N4O3S2. The Bertz CT molecular complexity index is 1600. The summed E-state index contributed by atoms with van der Waals surface area (Å²) in [6.45, 7) is 2.36. The van der Waals surface area contributed by atoms with Gasteiger partial charge in [0.1, 0.15) is 11.6 Å². The number of piperidine rings is 1. The van der Waals surface area contributed by atoms with Gasteiger partial charge in [0.05, 0.1) is 21.3 Å². The van der Waals surface area contributed by atoms with Crippen LogP contribution in [0.2, 0.25) is 0 Å². The maximum atomic E-state index is 13.8. The standard InChI is InChI=1S/C27H24F2N4O3S2/c1-18-4-2-3-15-32(18)38(35,36)23-12-7-20(8-13-23)26(34)33(30-17-19-5-9-21(28)10-6-19)27-31-24-14-11-22(29)16-25(24)37-27/h5-14,16-18H,2-4,15H2,1H3/b30-17+. The average molecular weight is 555 g/mol. The van der Waals surface area contributed by atoms with Gasteiger partial charge in [-0.15, -0.1) is 0 Å². The van der Waals surface area contributed by atoms with Crippen LogP contribution >= 0.6 is 11.3 Å². The van der Waals surface area contributed by atoms with Crippen LogP contribution in [0.15, 0.2) is 76.7 Å². The molecule has 11 heteroatoms. The fourth-order valence-corrected chi connectivity index (χ4v) is 6.94. The molecule has 1 aliphatic rings. The van der Waals surface area contributed by atoms with Crippen LogP contribution < -0.4 is 5.01 Å². The molecule has 0 N–H and O–H groups in total. The maximum Gasteiger partial charge on any atom is 0.280 e.